The first-order valence-electron chi connectivity index (χ1n) is 6.10. The van der Waals surface area contributed by atoms with Gasteiger partial charge in [0.25, 0.3) is 0 Å². The van der Waals surface area contributed by atoms with Crippen LogP contribution in [0.3, 0.4) is 0 Å². The molecule has 0 spiro atoms. The highest BCUT2D eigenvalue weighted by Gasteiger charge is 2.04. The summed E-state index contributed by atoms with van der Waals surface area (Å²) in [6.07, 6.45) is 1.84. The van der Waals surface area contributed by atoms with Crippen LogP contribution < -0.4 is 5.73 Å². The van der Waals surface area contributed by atoms with Crippen molar-refractivity contribution in [1.29, 1.82) is 0 Å². The van der Waals surface area contributed by atoms with Gasteiger partial charge in [-0.2, -0.15) is 0 Å². The molecule has 3 rings (SSSR count). The Morgan fingerprint density at radius 1 is 1.00 bits per heavy atom. The third-order valence-corrected chi connectivity index (χ3v) is 3.50. The van der Waals surface area contributed by atoms with Gasteiger partial charge >= 0.3 is 0 Å². The Morgan fingerprint density at radius 2 is 1.85 bits per heavy atom. The Kier molecular flexibility index (Phi) is 3.52. The molecule has 5 heteroatoms. The number of hydrogen-bond donors (Lipinski definition) is 1. The predicted molar refractivity (Wildman–Crippen MR) is 83.5 cm³/mol. The van der Waals surface area contributed by atoms with Gasteiger partial charge in [0.2, 0.25) is 5.13 Å². The zero-order valence-corrected chi connectivity index (χ0v) is 11.4. The summed E-state index contributed by atoms with van der Waals surface area (Å²) in [6.45, 7) is 0. The first-order valence-corrected chi connectivity index (χ1v) is 6.91. The van der Waals surface area contributed by atoms with Crippen molar-refractivity contribution in [2.75, 3.05) is 5.73 Å². The molecule has 0 aliphatic rings. The first kappa shape index (κ1) is 12.5. The smallest absolute Gasteiger partial charge is 0.203 e. The van der Waals surface area contributed by atoms with E-state index in [0.29, 0.717) is 5.13 Å². The van der Waals surface area contributed by atoms with Crippen LogP contribution >= 0.6 is 11.3 Å². The molecule has 0 saturated carbocycles. The van der Waals surface area contributed by atoms with Gasteiger partial charge in [0.05, 0.1) is 5.69 Å². The largest absolute Gasteiger partial charge is 0.374 e. The minimum absolute atomic E-state index is 0.471. The fourth-order valence-electron chi connectivity index (χ4n) is 1.76. The van der Waals surface area contributed by atoms with Gasteiger partial charge in [0.15, 0.2) is 0 Å². The average molecular weight is 280 g/mol. The van der Waals surface area contributed by atoms with Crippen LogP contribution in [0.1, 0.15) is 5.56 Å². The lowest BCUT2D eigenvalue weighted by Crippen LogP contribution is -1.80. The maximum absolute atomic E-state index is 5.60. The van der Waals surface area contributed by atoms with Crippen LogP contribution in [0.5, 0.6) is 0 Å². The maximum atomic E-state index is 5.60. The van der Waals surface area contributed by atoms with Crippen LogP contribution in [-0.4, -0.2) is 16.4 Å². The second-order valence-electron chi connectivity index (χ2n) is 4.16. The number of benzene rings is 2. The molecular weight excluding hydrogens is 268 g/mol. The standard InChI is InChI=1S/C15H12N4S/c16-15-19-18-14(20-15)12-7-4-8-13(9-12)17-10-11-5-2-1-3-6-11/h1-10H,(H2,16,19). The van der Waals surface area contributed by atoms with E-state index in [1.807, 2.05) is 60.8 Å². The number of aliphatic imine (C=N–C) groups is 1. The Labute approximate surface area is 120 Å². The summed E-state index contributed by atoms with van der Waals surface area (Å²) in [6, 6.07) is 17.8. The molecule has 0 unspecified atom stereocenters. The summed E-state index contributed by atoms with van der Waals surface area (Å²) >= 11 is 1.37. The van der Waals surface area contributed by atoms with Gasteiger partial charge in [-0.15, -0.1) is 10.2 Å². The summed E-state index contributed by atoms with van der Waals surface area (Å²) in [4.78, 5) is 4.47. The third-order valence-electron chi connectivity index (χ3n) is 2.70. The Hall–Kier alpha value is -2.53. The molecule has 20 heavy (non-hydrogen) atoms. The first-order chi connectivity index (χ1) is 9.81. The van der Waals surface area contributed by atoms with Crippen molar-refractivity contribution in [3.8, 4) is 10.6 Å². The highest BCUT2D eigenvalue weighted by molar-refractivity contribution is 7.18. The Morgan fingerprint density at radius 3 is 2.60 bits per heavy atom. The van der Waals surface area contributed by atoms with Gasteiger partial charge in [-0.3, -0.25) is 4.99 Å². The normalized spacial score (nSPS) is 11.0. The molecule has 0 atom stereocenters. The van der Waals surface area contributed by atoms with Crippen molar-refractivity contribution in [1.82, 2.24) is 10.2 Å². The van der Waals surface area contributed by atoms with Crippen molar-refractivity contribution in [2.45, 2.75) is 0 Å². The molecule has 0 bridgehead atoms. The van der Waals surface area contributed by atoms with Crippen molar-refractivity contribution in [2.24, 2.45) is 4.99 Å². The summed E-state index contributed by atoms with van der Waals surface area (Å²) in [5, 5.41) is 9.14. The van der Waals surface area contributed by atoms with E-state index in [4.69, 9.17) is 5.73 Å². The minimum atomic E-state index is 0.471. The van der Waals surface area contributed by atoms with Gasteiger partial charge in [0.1, 0.15) is 5.01 Å². The van der Waals surface area contributed by atoms with E-state index in [2.05, 4.69) is 15.2 Å². The Bertz CT molecular complexity index is 734. The second-order valence-corrected chi connectivity index (χ2v) is 5.17. The molecule has 98 valence electrons. The summed E-state index contributed by atoms with van der Waals surface area (Å²) in [7, 11) is 0. The lowest BCUT2D eigenvalue weighted by atomic mass is 10.2. The topological polar surface area (TPSA) is 64.2 Å². The molecule has 2 N–H and O–H groups in total. The van der Waals surface area contributed by atoms with E-state index in [1.54, 1.807) is 0 Å². The Balaban J connectivity index is 1.86. The molecule has 0 saturated heterocycles. The number of hydrogen-bond acceptors (Lipinski definition) is 5. The van der Waals surface area contributed by atoms with Crippen LogP contribution in [-0.2, 0) is 0 Å². The number of anilines is 1. The number of aromatic nitrogens is 2. The van der Waals surface area contributed by atoms with E-state index >= 15 is 0 Å². The molecule has 4 nitrogen and oxygen atoms in total. The predicted octanol–water partition coefficient (Wildman–Crippen LogP) is 3.54. The fourth-order valence-corrected chi connectivity index (χ4v) is 2.36. The zero-order valence-electron chi connectivity index (χ0n) is 10.6. The molecule has 0 radical (unpaired) electrons. The van der Waals surface area contributed by atoms with Crippen LogP contribution in [0.25, 0.3) is 10.6 Å². The number of rotatable bonds is 3. The molecule has 0 aliphatic carbocycles. The highest BCUT2D eigenvalue weighted by Crippen LogP contribution is 2.27. The third kappa shape index (κ3) is 2.89. The lowest BCUT2D eigenvalue weighted by Gasteiger charge is -1.98. The lowest BCUT2D eigenvalue weighted by molar-refractivity contribution is 1.10. The van der Waals surface area contributed by atoms with Crippen molar-refractivity contribution < 1.29 is 0 Å². The SMILES string of the molecule is Nc1nnc(-c2cccc(N=Cc3ccccc3)c2)s1. The van der Waals surface area contributed by atoms with Crippen LogP contribution in [0.15, 0.2) is 59.6 Å². The molecule has 1 heterocycles. The van der Waals surface area contributed by atoms with Gasteiger partial charge in [-0.05, 0) is 17.7 Å². The molecule has 2 aromatic carbocycles. The van der Waals surface area contributed by atoms with Crippen LogP contribution in [0.2, 0.25) is 0 Å². The average Bonchev–Trinajstić information content (AvgIpc) is 2.93. The summed E-state index contributed by atoms with van der Waals surface area (Å²) < 4.78 is 0. The zero-order chi connectivity index (χ0) is 13.8. The summed E-state index contributed by atoms with van der Waals surface area (Å²) in [5.74, 6) is 0. The van der Waals surface area contributed by atoms with Gasteiger partial charge in [0, 0.05) is 11.8 Å². The number of nitrogens with two attached hydrogens (primary N) is 1. The van der Waals surface area contributed by atoms with E-state index in [1.165, 1.54) is 11.3 Å². The molecule has 0 amide bonds. The van der Waals surface area contributed by atoms with E-state index < -0.39 is 0 Å². The van der Waals surface area contributed by atoms with Crippen molar-refractivity contribution >= 4 is 28.4 Å². The van der Waals surface area contributed by atoms with Crippen molar-refractivity contribution in [3.63, 3.8) is 0 Å². The monoisotopic (exact) mass is 280 g/mol. The molecule has 3 aromatic rings. The van der Waals surface area contributed by atoms with E-state index in [-0.39, 0.29) is 0 Å². The fraction of sp³-hybridized carbons (Fsp3) is 0. The quantitative estimate of drug-likeness (QED) is 0.746. The number of nitrogen functional groups attached to an aromatic ring is 1. The second kappa shape index (κ2) is 5.63. The molecule has 0 fully saturated rings. The minimum Gasteiger partial charge on any atom is -0.374 e. The van der Waals surface area contributed by atoms with Gasteiger partial charge < -0.3 is 5.73 Å². The summed E-state index contributed by atoms with van der Waals surface area (Å²) in [5.41, 5.74) is 8.52. The van der Waals surface area contributed by atoms with E-state index in [9.17, 15) is 0 Å². The van der Waals surface area contributed by atoms with Gasteiger partial charge in [-0.25, -0.2) is 0 Å². The van der Waals surface area contributed by atoms with Gasteiger partial charge in [-0.1, -0.05) is 53.8 Å². The molecule has 1 aromatic heterocycles. The van der Waals surface area contributed by atoms with Crippen molar-refractivity contribution in [3.05, 3.63) is 60.2 Å². The number of nitrogens with zero attached hydrogens (tertiary/aromatic N) is 3. The molecular formula is C15H12N4S. The maximum Gasteiger partial charge on any atom is 0.203 e. The van der Waals surface area contributed by atoms with Crippen LogP contribution in [0.4, 0.5) is 10.8 Å². The molecule has 0 aliphatic heterocycles. The van der Waals surface area contributed by atoms with E-state index in [0.717, 1.165) is 21.8 Å². The van der Waals surface area contributed by atoms with Crippen LogP contribution in [0, 0.1) is 0 Å². The highest BCUT2D eigenvalue weighted by atomic mass is 32.1.